The van der Waals surface area contributed by atoms with Crippen LogP contribution in [-0.4, -0.2) is 34.8 Å². The van der Waals surface area contributed by atoms with Crippen LogP contribution in [-0.2, 0) is 4.79 Å². The van der Waals surface area contributed by atoms with E-state index in [1.165, 1.54) is 29.5 Å². The summed E-state index contributed by atoms with van der Waals surface area (Å²) >= 11 is 1.52. The number of carboxylic acid groups (broad SMARTS) is 1. The van der Waals surface area contributed by atoms with Crippen molar-refractivity contribution in [2.75, 3.05) is 18.0 Å². The van der Waals surface area contributed by atoms with Crippen LogP contribution in [0.15, 0.2) is 35.8 Å². The van der Waals surface area contributed by atoms with Crippen molar-refractivity contribution < 1.29 is 19.0 Å². The number of thiazole rings is 1. The normalized spacial score (nSPS) is 17.2. The van der Waals surface area contributed by atoms with Crippen LogP contribution in [0.3, 0.4) is 0 Å². The predicted molar refractivity (Wildman–Crippen MR) is 81.0 cm³/mol. The Hall–Kier alpha value is -2.15. The van der Waals surface area contributed by atoms with Crippen molar-refractivity contribution in [1.82, 2.24) is 4.98 Å². The number of halogens is 1. The number of aliphatic carboxylic acids is 1. The van der Waals surface area contributed by atoms with Gasteiger partial charge in [0.25, 0.3) is 0 Å². The van der Waals surface area contributed by atoms with Gasteiger partial charge in [-0.25, -0.2) is 14.2 Å². The van der Waals surface area contributed by atoms with Crippen LogP contribution in [0.25, 0.3) is 0 Å². The monoisotopic (exact) mass is 322 g/mol. The molecule has 1 fully saturated rings. The van der Waals surface area contributed by atoms with E-state index in [0.29, 0.717) is 25.9 Å². The highest BCUT2D eigenvalue weighted by molar-refractivity contribution is 7.13. The van der Waals surface area contributed by atoms with Crippen molar-refractivity contribution >= 4 is 22.4 Å². The molecule has 1 aliphatic heterocycles. The fourth-order valence-electron chi connectivity index (χ4n) is 2.55. The number of hydrogen-bond acceptors (Lipinski definition) is 5. The van der Waals surface area contributed by atoms with Crippen molar-refractivity contribution in [3.8, 4) is 5.75 Å². The van der Waals surface area contributed by atoms with Crippen molar-refractivity contribution in [2.45, 2.75) is 18.4 Å². The molecule has 0 bridgehead atoms. The number of nitrogens with zero attached hydrogens (tertiary/aromatic N) is 2. The average molecular weight is 322 g/mol. The Morgan fingerprint density at radius 1 is 1.41 bits per heavy atom. The van der Waals surface area contributed by atoms with E-state index < -0.39 is 17.4 Å². The molecule has 0 spiro atoms. The van der Waals surface area contributed by atoms with Crippen LogP contribution < -0.4 is 9.64 Å². The molecule has 0 radical (unpaired) electrons. The molecular formula is C15H15FN2O3S. The van der Waals surface area contributed by atoms with Gasteiger partial charge in [-0.3, -0.25) is 0 Å². The number of ether oxygens (including phenoxy) is 1. The van der Waals surface area contributed by atoms with Gasteiger partial charge in [-0.2, -0.15) is 0 Å². The number of piperidine rings is 1. The number of carbonyl (C=O) groups is 1. The van der Waals surface area contributed by atoms with Gasteiger partial charge in [0.1, 0.15) is 11.6 Å². The largest absolute Gasteiger partial charge is 0.478 e. The maximum Gasteiger partial charge on any atom is 0.348 e. The quantitative estimate of drug-likeness (QED) is 0.938. The van der Waals surface area contributed by atoms with Gasteiger partial charge in [0.05, 0.1) is 0 Å². The molecule has 2 aromatic rings. The van der Waals surface area contributed by atoms with Crippen molar-refractivity contribution in [1.29, 1.82) is 0 Å². The molecule has 0 aliphatic carbocycles. The number of hydrogen-bond donors (Lipinski definition) is 1. The van der Waals surface area contributed by atoms with Gasteiger partial charge in [-0.1, -0.05) is 6.07 Å². The van der Waals surface area contributed by atoms with Crippen LogP contribution in [0.4, 0.5) is 9.52 Å². The molecule has 2 heterocycles. The first-order valence-electron chi connectivity index (χ1n) is 6.91. The second-order valence-electron chi connectivity index (χ2n) is 5.16. The summed E-state index contributed by atoms with van der Waals surface area (Å²) in [4.78, 5) is 18.0. The lowest BCUT2D eigenvalue weighted by Crippen LogP contribution is -2.53. The zero-order valence-corrected chi connectivity index (χ0v) is 12.6. The summed E-state index contributed by atoms with van der Waals surface area (Å²) in [6.45, 7) is 1.07. The molecule has 7 heteroatoms. The Balaban J connectivity index is 1.75. The number of benzene rings is 1. The topological polar surface area (TPSA) is 62.7 Å². The minimum atomic E-state index is -1.32. The van der Waals surface area contributed by atoms with Crippen LogP contribution in [0, 0.1) is 5.82 Å². The third-order valence-corrected chi connectivity index (χ3v) is 4.59. The number of rotatable bonds is 4. The second-order valence-corrected chi connectivity index (χ2v) is 6.03. The Labute approximate surface area is 131 Å². The van der Waals surface area contributed by atoms with Gasteiger partial charge in [0.15, 0.2) is 5.13 Å². The van der Waals surface area contributed by atoms with Gasteiger partial charge >= 0.3 is 5.97 Å². The van der Waals surface area contributed by atoms with Crippen molar-refractivity contribution in [3.05, 3.63) is 41.7 Å². The van der Waals surface area contributed by atoms with Gasteiger partial charge in [0.2, 0.25) is 5.60 Å². The highest BCUT2D eigenvalue weighted by atomic mass is 32.1. The van der Waals surface area contributed by atoms with Crippen molar-refractivity contribution in [3.63, 3.8) is 0 Å². The lowest BCUT2D eigenvalue weighted by Gasteiger charge is -2.38. The first-order valence-corrected chi connectivity index (χ1v) is 7.79. The Morgan fingerprint density at radius 3 is 2.77 bits per heavy atom. The summed E-state index contributed by atoms with van der Waals surface area (Å²) in [6.07, 6.45) is 2.36. The van der Waals surface area contributed by atoms with Crippen LogP contribution in [0.1, 0.15) is 12.8 Å². The molecule has 0 unspecified atom stereocenters. The molecule has 1 saturated heterocycles. The molecule has 1 aromatic carbocycles. The SMILES string of the molecule is O=C(O)C1(Oc2cccc(F)c2)CCN(c2nccs2)CC1. The van der Waals surface area contributed by atoms with E-state index in [1.54, 1.807) is 12.3 Å². The van der Waals surface area contributed by atoms with Crippen LogP contribution in [0.2, 0.25) is 0 Å². The molecule has 0 saturated carbocycles. The maximum absolute atomic E-state index is 13.3. The van der Waals surface area contributed by atoms with E-state index >= 15 is 0 Å². The highest BCUT2D eigenvalue weighted by Gasteiger charge is 2.44. The van der Waals surface area contributed by atoms with Crippen LogP contribution >= 0.6 is 11.3 Å². The van der Waals surface area contributed by atoms with E-state index in [-0.39, 0.29) is 5.75 Å². The summed E-state index contributed by atoms with van der Waals surface area (Å²) in [5, 5.41) is 12.4. The average Bonchev–Trinajstić information content (AvgIpc) is 3.02. The van der Waals surface area contributed by atoms with E-state index in [1.807, 2.05) is 10.3 Å². The fourth-order valence-corrected chi connectivity index (χ4v) is 3.24. The number of aromatic nitrogens is 1. The van der Waals surface area contributed by atoms with Gasteiger partial charge in [-0.15, -0.1) is 11.3 Å². The Kier molecular flexibility index (Phi) is 3.98. The zero-order chi connectivity index (χ0) is 15.6. The van der Waals surface area contributed by atoms with Crippen molar-refractivity contribution in [2.24, 2.45) is 0 Å². The molecule has 0 atom stereocenters. The summed E-state index contributed by atoms with van der Waals surface area (Å²) in [6, 6.07) is 5.58. The van der Waals surface area contributed by atoms with E-state index in [0.717, 1.165) is 5.13 Å². The molecule has 1 aromatic heterocycles. The predicted octanol–water partition coefficient (Wildman–Crippen LogP) is 2.78. The van der Waals surface area contributed by atoms with E-state index in [2.05, 4.69) is 4.98 Å². The van der Waals surface area contributed by atoms with Crippen LogP contribution in [0.5, 0.6) is 5.75 Å². The smallest absolute Gasteiger partial charge is 0.348 e. The molecular weight excluding hydrogens is 307 g/mol. The summed E-state index contributed by atoms with van der Waals surface area (Å²) in [5.41, 5.74) is -1.32. The zero-order valence-electron chi connectivity index (χ0n) is 11.7. The van der Waals surface area contributed by atoms with Gasteiger partial charge < -0.3 is 14.7 Å². The van der Waals surface area contributed by atoms with E-state index in [4.69, 9.17) is 4.74 Å². The fraction of sp³-hybridized carbons (Fsp3) is 0.333. The highest BCUT2D eigenvalue weighted by Crippen LogP contribution is 2.32. The molecule has 116 valence electrons. The Bertz CT molecular complexity index is 655. The molecule has 1 aliphatic rings. The minimum absolute atomic E-state index is 0.241. The molecule has 0 amide bonds. The molecule has 1 N–H and O–H groups in total. The number of anilines is 1. The second kappa shape index (κ2) is 5.92. The maximum atomic E-state index is 13.3. The summed E-state index contributed by atoms with van der Waals surface area (Å²) < 4.78 is 18.9. The Morgan fingerprint density at radius 2 is 2.18 bits per heavy atom. The lowest BCUT2D eigenvalue weighted by atomic mass is 9.91. The molecule has 3 rings (SSSR count). The standard InChI is InChI=1S/C15H15FN2O3S/c16-11-2-1-3-12(10-11)21-15(13(19)20)4-7-18(8-5-15)14-17-6-9-22-14/h1-3,6,9-10H,4-5,7-8H2,(H,19,20). The third kappa shape index (κ3) is 2.89. The molecule has 5 nitrogen and oxygen atoms in total. The third-order valence-electron chi connectivity index (χ3n) is 3.76. The first kappa shape index (κ1) is 14.8. The minimum Gasteiger partial charge on any atom is -0.478 e. The lowest BCUT2D eigenvalue weighted by molar-refractivity contribution is -0.157. The van der Waals surface area contributed by atoms with E-state index in [9.17, 15) is 14.3 Å². The summed E-state index contributed by atoms with van der Waals surface area (Å²) in [7, 11) is 0. The number of carboxylic acids is 1. The molecule has 22 heavy (non-hydrogen) atoms. The van der Waals surface area contributed by atoms with Gasteiger partial charge in [-0.05, 0) is 12.1 Å². The summed E-state index contributed by atoms with van der Waals surface area (Å²) in [5.74, 6) is -1.22. The first-order chi connectivity index (χ1) is 10.6. The van der Waals surface area contributed by atoms with Gasteiger partial charge in [0, 0.05) is 43.6 Å².